The molecule has 2 heteroatoms. The van der Waals surface area contributed by atoms with E-state index in [-0.39, 0.29) is 11.4 Å². The van der Waals surface area contributed by atoms with Crippen LogP contribution in [0.5, 0.6) is 0 Å². The van der Waals surface area contributed by atoms with E-state index in [1.54, 1.807) is 0 Å². The van der Waals surface area contributed by atoms with Gasteiger partial charge in [-0.1, -0.05) is 61.0 Å². The minimum atomic E-state index is -0.0656. The summed E-state index contributed by atoms with van der Waals surface area (Å²) >= 11 is 0. The zero-order valence-electron chi connectivity index (χ0n) is 13.8. The molecule has 23 heavy (non-hydrogen) atoms. The Hall–Kier alpha value is -2.09. The van der Waals surface area contributed by atoms with Crippen molar-refractivity contribution in [1.29, 1.82) is 0 Å². The van der Waals surface area contributed by atoms with Gasteiger partial charge >= 0.3 is 5.97 Å². The summed E-state index contributed by atoms with van der Waals surface area (Å²) in [7, 11) is 1.48. The third-order valence-electron chi connectivity index (χ3n) is 5.17. The molecular formula is C21H24O2. The van der Waals surface area contributed by atoms with Crippen LogP contribution in [-0.2, 0) is 16.0 Å². The van der Waals surface area contributed by atoms with Crippen molar-refractivity contribution >= 4 is 5.97 Å². The lowest BCUT2D eigenvalue weighted by Crippen LogP contribution is -2.33. The van der Waals surface area contributed by atoms with Crippen LogP contribution in [0.2, 0.25) is 0 Å². The van der Waals surface area contributed by atoms with Crippen LogP contribution in [0.3, 0.4) is 0 Å². The predicted octanol–water partition coefficient (Wildman–Crippen LogP) is 5.02. The number of carbonyl (C=O) groups is 1. The molecule has 120 valence electrons. The second-order valence-corrected chi connectivity index (χ2v) is 6.67. The Kier molecular flexibility index (Phi) is 4.80. The minimum Gasteiger partial charge on any atom is -0.469 e. The van der Waals surface area contributed by atoms with Crippen LogP contribution >= 0.6 is 0 Å². The number of esters is 1. The fourth-order valence-electron chi connectivity index (χ4n) is 3.47. The lowest BCUT2D eigenvalue weighted by atomic mass is 9.64. The maximum absolute atomic E-state index is 11.6. The van der Waals surface area contributed by atoms with Crippen molar-refractivity contribution in [3.8, 4) is 11.1 Å². The van der Waals surface area contributed by atoms with Gasteiger partial charge in [0.25, 0.3) is 0 Å². The maximum atomic E-state index is 11.6. The van der Waals surface area contributed by atoms with E-state index in [0.717, 1.165) is 25.7 Å². The highest BCUT2D eigenvalue weighted by Gasteiger charge is 2.38. The summed E-state index contributed by atoms with van der Waals surface area (Å²) in [4.78, 5) is 11.6. The molecule has 0 spiro atoms. The number of rotatable bonds is 6. The molecule has 0 heterocycles. The van der Waals surface area contributed by atoms with Crippen LogP contribution in [0.25, 0.3) is 11.1 Å². The molecule has 0 aliphatic heterocycles. The van der Waals surface area contributed by atoms with Gasteiger partial charge in [0, 0.05) is 0 Å². The minimum absolute atomic E-state index is 0.0656. The number of aryl methyl sites for hydroxylation is 1. The van der Waals surface area contributed by atoms with Gasteiger partial charge in [-0.3, -0.25) is 4.79 Å². The lowest BCUT2D eigenvalue weighted by molar-refractivity contribution is -0.145. The first kappa shape index (κ1) is 15.8. The molecular weight excluding hydrogens is 284 g/mol. The molecule has 1 saturated carbocycles. The molecule has 0 atom stereocenters. The molecule has 2 aromatic rings. The summed E-state index contributed by atoms with van der Waals surface area (Å²) in [6, 6.07) is 19.3. The Labute approximate surface area is 138 Å². The van der Waals surface area contributed by atoms with E-state index in [2.05, 4.69) is 48.5 Å². The molecule has 0 amide bonds. The number of hydrogen-bond acceptors (Lipinski definition) is 2. The zero-order valence-corrected chi connectivity index (χ0v) is 13.8. The largest absolute Gasteiger partial charge is 0.469 e. The van der Waals surface area contributed by atoms with Crippen molar-refractivity contribution in [2.45, 2.75) is 38.5 Å². The number of hydrogen-bond donors (Lipinski definition) is 0. The van der Waals surface area contributed by atoms with Crippen LogP contribution in [0, 0.1) is 5.41 Å². The van der Waals surface area contributed by atoms with Crippen LogP contribution in [0.1, 0.15) is 37.7 Å². The molecule has 2 nitrogen and oxygen atoms in total. The topological polar surface area (TPSA) is 26.3 Å². The van der Waals surface area contributed by atoms with Crippen LogP contribution in [0.15, 0.2) is 54.6 Å². The van der Waals surface area contributed by atoms with Gasteiger partial charge in [0.1, 0.15) is 0 Å². The van der Waals surface area contributed by atoms with Gasteiger partial charge in [-0.15, -0.1) is 0 Å². The number of methoxy groups -OCH3 is 1. The quantitative estimate of drug-likeness (QED) is 0.700. The highest BCUT2D eigenvalue weighted by molar-refractivity contribution is 5.70. The Morgan fingerprint density at radius 3 is 2.22 bits per heavy atom. The summed E-state index contributed by atoms with van der Waals surface area (Å²) in [6.07, 6.45) is 6.24. The molecule has 0 N–H and O–H groups in total. The summed E-state index contributed by atoms with van der Waals surface area (Å²) in [5.41, 5.74) is 4.04. The number of carbonyl (C=O) groups excluding carboxylic acids is 1. The van der Waals surface area contributed by atoms with E-state index in [4.69, 9.17) is 4.74 Å². The van der Waals surface area contributed by atoms with E-state index in [9.17, 15) is 4.79 Å². The fourth-order valence-corrected chi connectivity index (χ4v) is 3.47. The van der Waals surface area contributed by atoms with Crippen molar-refractivity contribution in [1.82, 2.24) is 0 Å². The normalized spacial score (nSPS) is 15.7. The molecule has 0 unspecified atom stereocenters. The molecule has 0 bridgehead atoms. The first-order valence-corrected chi connectivity index (χ1v) is 8.42. The second kappa shape index (κ2) is 6.99. The number of ether oxygens (including phenoxy) is 1. The van der Waals surface area contributed by atoms with Gasteiger partial charge in [-0.2, -0.15) is 0 Å². The van der Waals surface area contributed by atoms with Crippen LogP contribution < -0.4 is 0 Å². The first-order valence-electron chi connectivity index (χ1n) is 8.42. The first-order chi connectivity index (χ1) is 11.2. The van der Waals surface area contributed by atoms with E-state index in [1.165, 1.54) is 30.2 Å². The molecule has 0 aromatic heterocycles. The zero-order chi connectivity index (χ0) is 16.1. The Balaban J connectivity index is 1.61. The van der Waals surface area contributed by atoms with Crippen LogP contribution in [-0.4, -0.2) is 13.1 Å². The van der Waals surface area contributed by atoms with Gasteiger partial charge in [0.2, 0.25) is 0 Å². The molecule has 3 rings (SSSR count). The fraction of sp³-hybridized carbons (Fsp3) is 0.381. The molecule has 0 saturated heterocycles. The Morgan fingerprint density at radius 2 is 1.65 bits per heavy atom. The van der Waals surface area contributed by atoms with Gasteiger partial charge in [-0.05, 0) is 47.8 Å². The van der Waals surface area contributed by atoms with E-state index >= 15 is 0 Å². The highest BCUT2D eigenvalue weighted by atomic mass is 16.5. The van der Waals surface area contributed by atoms with Crippen molar-refractivity contribution in [2.75, 3.05) is 7.11 Å². The van der Waals surface area contributed by atoms with Gasteiger partial charge in [-0.25, -0.2) is 0 Å². The van der Waals surface area contributed by atoms with E-state index in [0.29, 0.717) is 6.42 Å². The summed E-state index contributed by atoms with van der Waals surface area (Å²) in [5.74, 6) is -0.0656. The molecule has 2 aromatic carbocycles. The highest BCUT2D eigenvalue weighted by Crippen LogP contribution is 2.47. The third kappa shape index (κ3) is 3.82. The smallest absolute Gasteiger partial charge is 0.306 e. The summed E-state index contributed by atoms with van der Waals surface area (Å²) < 4.78 is 4.86. The van der Waals surface area contributed by atoms with Crippen LogP contribution in [0.4, 0.5) is 0 Å². The Morgan fingerprint density at radius 1 is 1.00 bits per heavy atom. The maximum Gasteiger partial charge on any atom is 0.306 e. The second-order valence-electron chi connectivity index (χ2n) is 6.67. The number of benzene rings is 2. The molecule has 1 aliphatic carbocycles. The average Bonchev–Trinajstić information content (AvgIpc) is 2.58. The summed E-state index contributed by atoms with van der Waals surface area (Å²) in [6.45, 7) is 0. The van der Waals surface area contributed by atoms with Gasteiger partial charge < -0.3 is 4.74 Å². The van der Waals surface area contributed by atoms with Crippen molar-refractivity contribution in [2.24, 2.45) is 5.41 Å². The van der Waals surface area contributed by atoms with Gasteiger partial charge in [0.15, 0.2) is 0 Å². The van der Waals surface area contributed by atoms with Crippen molar-refractivity contribution in [3.05, 3.63) is 60.2 Å². The van der Waals surface area contributed by atoms with Crippen molar-refractivity contribution < 1.29 is 9.53 Å². The average molecular weight is 308 g/mol. The predicted molar refractivity (Wildman–Crippen MR) is 93.1 cm³/mol. The SMILES string of the molecule is COC(=O)CC1(CCc2ccc(-c3ccccc3)cc2)CCC1. The van der Waals surface area contributed by atoms with E-state index < -0.39 is 0 Å². The Bertz CT molecular complexity index is 639. The van der Waals surface area contributed by atoms with Crippen molar-refractivity contribution in [3.63, 3.8) is 0 Å². The monoisotopic (exact) mass is 308 g/mol. The lowest BCUT2D eigenvalue weighted by Gasteiger charge is -2.41. The standard InChI is InChI=1S/C21H24O2/c1-23-20(22)16-21(13-5-14-21)15-12-17-8-10-19(11-9-17)18-6-3-2-4-7-18/h2-4,6-11H,5,12-16H2,1H3. The van der Waals surface area contributed by atoms with E-state index in [1.807, 2.05) is 6.07 Å². The van der Waals surface area contributed by atoms with Gasteiger partial charge in [0.05, 0.1) is 13.5 Å². The molecule has 1 fully saturated rings. The third-order valence-corrected chi connectivity index (χ3v) is 5.17. The summed E-state index contributed by atoms with van der Waals surface area (Å²) in [5, 5.41) is 0. The molecule has 0 radical (unpaired) electrons. The molecule has 1 aliphatic rings.